The van der Waals surface area contributed by atoms with E-state index in [1.54, 1.807) is 6.07 Å². The normalized spacial score (nSPS) is 13.9. The summed E-state index contributed by atoms with van der Waals surface area (Å²) >= 11 is 0. The molecule has 1 aliphatic rings. The molecular weight excluding hydrogens is 248 g/mol. The van der Waals surface area contributed by atoms with E-state index in [-0.39, 0.29) is 12.5 Å². The first kappa shape index (κ1) is 13.4. The third-order valence-corrected chi connectivity index (χ3v) is 3.33. The van der Waals surface area contributed by atoms with E-state index in [0.717, 1.165) is 16.2 Å². The van der Waals surface area contributed by atoms with Crippen molar-refractivity contribution in [2.45, 2.75) is 13.0 Å². The molecule has 1 heterocycles. The molecule has 1 N–H and O–H groups in total. The van der Waals surface area contributed by atoms with Gasteiger partial charge in [0.05, 0.1) is 13.7 Å². The fourth-order valence-electron chi connectivity index (χ4n) is 2.20. The second-order valence-corrected chi connectivity index (χ2v) is 4.38. The minimum atomic E-state index is -0.965. The molecule has 0 atom stereocenters. The van der Waals surface area contributed by atoms with Crippen LogP contribution >= 0.6 is 0 Å². The Hall–Kier alpha value is -2.08. The van der Waals surface area contributed by atoms with E-state index in [2.05, 4.69) is 0 Å². The van der Waals surface area contributed by atoms with Crippen molar-refractivity contribution in [3.05, 3.63) is 34.9 Å². The number of carbonyl (C=O) groups excluding carboxylic acids is 1. The molecule has 0 spiro atoms. The Morgan fingerprint density at radius 2 is 2.16 bits per heavy atom. The molecule has 1 aromatic carbocycles. The Morgan fingerprint density at radius 1 is 1.42 bits per heavy atom. The number of nitrogens with zero attached hydrogens (tertiary/aromatic N) is 2. The second kappa shape index (κ2) is 5.27. The molecule has 0 unspecified atom stereocenters. The first-order valence-electron chi connectivity index (χ1n) is 5.95. The highest BCUT2D eigenvalue weighted by atomic mass is 16.7. The van der Waals surface area contributed by atoms with Crippen molar-refractivity contribution in [1.29, 1.82) is 0 Å². The highest BCUT2D eigenvalue weighted by Crippen LogP contribution is 2.23. The number of fused-ring (bicyclic) bond motifs is 1. The molecule has 6 nitrogen and oxygen atoms in total. The number of carboxylic acid groups (broad SMARTS) is 1. The minimum Gasteiger partial charge on any atom is -0.465 e. The van der Waals surface area contributed by atoms with E-state index in [1.807, 2.05) is 12.1 Å². The Labute approximate surface area is 111 Å². The summed E-state index contributed by atoms with van der Waals surface area (Å²) in [5, 5.41) is 10.2. The highest BCUT2D eigenvalue weighted by Gasteiger charge is 2.25. The van der Waals surface area contributed by atoms with Crippen LogP contribution < -0.4 is 0 Å². The molecule has 0 bridgehead atoms. The number of hydroxylamine groups is 2. The van der Waals surface area contributed by atoms with Gasteiger partial charge in [0.1, 0.15) is 0 Å². The van der Waals surface area contributed by atoms with Gasteiger partial charge in [-0.05, 0) is 23.6 Å². The summed E-state index contributed by atoms with van der Waals surface area (Å²) in [4.78, 5) is 29.4. The number of rotatable bonds is 2. The van der Waals surface area contributed by atoms with Gasteiger partial charge in [0, 0.05) is 19.2 Å². The average Bonchev–Trinajstić information content (AvgIpc) is 2.44. The maximum atomic E-state index is 12.2. The number of hydrogen-bond donors (Lipinski definition) is 1. The zero-order valence-corrected chi connectivity index (χ0v) is 10.9. The molecule has 0 saturated carbocycles. The Bertz CT molecular complexity index is 515. The van der Waals surface area contributed by atoms with Crippen LogP contribution in [0.4, 0.5) is 4.79 Å². The lowest BCUT2D eigenvalue weighted by Gasteiger charge is -2.28. The maximum Gasteiger partial charge on any atom is 0.407 e. The van der Waals surface area contributed by atoms with Crippen molar-refractivity contribution in [3.63, 3.8) is 0 Å². The van der Waals surface area contributed by atoms with Crippen LogP contribution in [0.2, 0.25) is 0 Å². The van der Waals surface area contributed by atoms with E-state index < -0.39 is 6.09 Å². The average molecular weight is 264 g/mol. The summed E-state index contributed by atoms with van der Waals surface area (Å²) in [5.41, 5.74) is 2.28. The van der Waals surface area contributed by atoms with E-state index in [1.165, 1.54) is 19.1 Å². The van der Waals surface area contributed by atoms with Crippen LogP contribution in [-0.4, -0.2) is 47.8 Å². The predicted octanol–water partition coefficient (Wildman–Crippen LogP) is 1.36. The number of carbonyl (C=O) groups is 2. The van der Waals surface area contributed by atoms with Crippen LogP contribution in [0.25, 0.3) is 0 Å². The van der Waals surface area contributed by atoms with Crippen molar-refractivity contribution < 1.29 is 19.5 Å². The largest absolute Gasteiger partial charge is 0.465 e. The van der Waals surface area contributed by atoms with Crippen LogP contribution in [0, 0.1) is 0 Å². The lowest BCUT2D eigenvalue weighted by atomic mass is 9.94. The summed E-state index contributed by atoms with van der Waals surface area (Å²) in [7, 11) is 2.94. The Kier molecular flexibility index (Phi) is 3.71. The monoisotopic (exact) mass is 264 g/mol. The first-order chi connectivity index (χ1) is 9.04. The molecule has 19 heavy (non-hydrogen) atoms. The summed E-state index contributed by atoms with van der Waals surface area (Å²) in [6, 6.07) is 5.44. The minimum absolute atomic E-state index is 0.240. The zero-order valence-electron chi connectivity index (χ0n) is 10.9. The molecule has 0 saturated heterocycles. The van der Waals surface area contributed by atoms with Gasteiger partial charge in [0.25, 0.3) is 5.91 Å². The SMILES string of the molecule is CON(C)C(=O)c1cccc2c1CN(C(=O)O)CC2. The molecule has 6 heteroatoms. The quantitative estimate of drug-likeness (QED) is 0.819. The highest BCUT2D eigenvalue weighted by molar-refractivity contribution is 5.95. The van der Waals surface area contributed by atoms with Crippen LogP contribution in [-0.2, 0) is 17.8 Å². The van der Waals surface area contributed by atoms with Gasteiger partial charge >= 0.3 is 6.09 Å². The second-order valence-electron chi connectivity index (χ2n) is 4.38. The standard InChI is InChI=1S/C13H16N2O4/c1-14(19-2)12(16)10-5-3-4-9-6-7-15(13(17)18)8-11(9)10/h3-5H,6-8H2,1-2H3,(H,17,18). The number of hydrogen-bond acceptors (Lipinski definition) is 3. The zero-order chi connectivity index (χ0) is 14.0. The lowest BCUT2D eigenvalue weighted by molar-refractivity contribution is -0.0758. The van der Waals surface area contributed by atoms with Crippen molar-refractivity contribution in [1.82, 2.24) is 9.96 Å². The van der Waals surface area contributed by atoms with Crippen molar-refractivity contribution >= 4 is 12.0 Å². The molecule has 2 amide bonds. The Balaban J connectivity index is 2.37. The van der Waals surface area contributed by atoms with Crippen molar-refractivity contribution in [2.24, 2.45) is 0 Å². The van der Waals surface area contributed by atoms with E-state index in [4.69, 9.17) is 9.94 Å². The van der Waals surface area contributed by atoms with E-state index in [9.17, 15) is 9.59 Å². The molecule has 102 valence electrons. The van der Waals surface area contributed by atoms with Crippen LogP contribution in [0.1, 0.15) is 21.5 Å². The summed E-state index contributed by atoms with van der Waals surface area (Å²) in [6.45, 7) is 0.699. The van der Waals surface area contributed by atoms with E-state index in [0.29, 0.717) is 18.5 Å². The first-order valence-corrected chi connectivity index (χ1v) is 5.95. The third kappa shape index (κ3) is 2.53. The van der Waals surface area contributed by atoms with Crippen LogP contribution in [0.5, 0.6) is 0 Å². The molecule has 0 aromatic heterocycles. The fraction of sp³-hybridized carbons (Fsp3) is 0.385. The smallest absolute Gasteiger partial charge is 0.407 e. The number of benzene rings is 1. The molecule has 0 aliphatic carbocycles. The van der Waals surface area contributed by atoms with Crippen LogP contribution in [0.3, 0.4) is 0 Å². The Morgan fingerprint density at radius 3 is 2.79 bits per heavy atom. The molecular formula is C13H16N2O4. The van der Waals surface area contributed by atoms with Gasteiger partial charge in [-0.1, -0.05) is 12.1 Å². The van der Waals surface area contributed by atoms with Gasteiger partial charge in [-0.25, -0.2) is 9.86 Å². The van der Waals surface area contributed by atoms with Gasteiger partial charge in [0.2, 0.25) is 0 Å². The van der Waals surface area contributed by atoms with E-state index >= 15 is 0 Å². The van der Waals surface area contributed by atoms with Gasteiger partial charge in [-0.15, -0.1) is 0 Å². The van der Waals surface area contributed by atoms with Gasteiger partial charge in [-0.3, -0.25) is 9.63 Å². The van der Waals surface area contributed by atoms with Gasteiger partial charge in [-0.2, -0.15) is 0 Å². The summed E-state index contributed by atoms with van der Waals surface area (Å²) in [5.74, 6) is -0.272. The molecule has 2 rings (SSSR count). The topological polar surface area (TPSA) is 70.1 Å². The maximum absolute atomic E-state index is 12.2. The lowest BCUT2D eigenvalue weighted by Crippen LogP contribution is -2.36. The molecule has 1 aliphatic heterocycles. The predicted molar refractivity (Wildman–Crippen MR) is 67.7 cm³/mol. The van der Waals surface area contributed by atoms with Gasteiger partial charge < -0.3 is 10.0 Å². The molecule has 0 radical (unpaired) electrons. The third-order valence-electron chi connectivity index (χ3n) is 3.33. The molecule has 0 fully saturated rings. The van der Waals surface area contributed by atoms with Crippen molar-refractivity contribution in [3.8, 4) is 0 Å². The van der Waals surface area contributed by atoms with Gasteiger partial charge in [0.15, 0.2) is 0 Å². The molecule has 1 aromatic rings. The summed E-state index contributed by atoms with van der Waals surface area (Å²) in [6.07, 6.45) is -0.340. The summed E-state index contributed by atoms with van der Waals surface area (Å²) < 4.78 is 0. The number of amides is 2. The van der Waals surface area contributed by atoms with Crippen LogP contribution in [0.15, 0.2) is 18.2 Å². The fourth-order valence-corrected chi connectivity index (χ4v) is 2.20. The van der Waals surface area contributed by atoms with Crippen molar-refractivity contribution in [2.75, 3.05) is 20.7 Å².